The number of rotatable bonds is 3. The Labute approximate surface area is 118 Å². The van der Waals surface area contributed by atoms with Crippen molar-refractivity contribution in [2.75, 3.05) is 0 Å². The van der Waals surface area contributed by atoms with Crippen molar-refractivity contribution in [2.45, 2.75) is 5.75 Å². The molecule has 0 amide bonds. The molecular weight excluding hydrogens is 321 g/mol. The van der Waals surface area contributed by atoms with Crippen molar-refractivity contribution < 1.29 is 12.9 Å². The van der Waals surface area contributed by atoms with Crippen molar-refractivity contribution in [3.63, 3.8) is 0 Å². The highest BCUT2D eigenvalue weighted by molar-refractivity contribution is 8.13. The number of halogens is 3. The molecule has 0 aliphatic heterocycles. The second-order valence-corrected chi connectivity index (χ2v) is 7.03. The Kier molecular flexibility index (Phi) is 3.87. The standard InChI is InChI=1S/C10H6Cl3NO3S/c11-8-3-1-2-7(10(8)12)9-4-6(14-17-9)5-18(13,15)16/h1-4H,5H2. The van der Waals surface area contributed by atoms with Crippen molar-refractivity contribution >= 4 is 42.9 Å². The second kappa shape index (κ2) is 5.09. The van der Waals surface area contributed by atoms with Gasteiger partial charge in [0.1, 0.15) is 11.4 Å². The summed E-state index contributed by atoms with van der Waals surface area (Å²) in [6.45, 7) is 0. The summed E-state index contributed by atoms with van der Waals surface area (Å²) >= 11 is 11.9. The van der Waals surface area contributed by atoms with Gasteiger partial charge in [0, 0.05) is 22.3 Å². The first-order valence-electron chi connectivity index (χ1n) is 4.69. The van der Waals surface area contributed by atoms with Gasteiger partial charge in [-0.2, -0.15) is 0 Å². The minimum Gasteiger partial charge on any atom is -0.356 e. The number of aromatic nitrogens is 1. The third kappa shape index (κ3) is 3.17. The van der Waals surface area contributed by atoms with Gasteiger partial charge in [-0.1, -0.05) is 34.4 Å². The van der Waals surface area contributed by atoms with Gasteiger partial charge in [0.05, 0.1) is 10.0 Å². The van der Waals surface area contributed by atoms with Gasteiger partial charge in [0.15, 0.2) is 5.76 Å². The number of nitrogens with zero attached hydrogens (tertiary/aromatic N) is 1. The largest absolute Gasteiger partial charge is 0.356 e. The minimum absolute atomic E-state index is 0.205. The van der Waals surface area contributed by atoms with Crippen LogP contribution in [0.1, 0.15) is 5.69 Å². The molecule has 4 nitrogen and oxygen atoms in total. The molecule has 18 heavy (non-hydrogen) atoms. The van der Waals surface area contributed by atoms with Gasteiger partial charge in [-0.3, -0.25) is 0 Å². The van der Waals surface area contributed by atoms with Gasteiger partial charge in [-0.15, -0.1) is 0 Å². The maximum atomic E-state index is 10.9. The van der Waals surface area contributed by atoms with E-state index >= 15 is 0 Å². The lowest BCUT2D eigenvalue weighted by Gasteiger charge is -2.00. The summed E-state index contributed by atoms with van der Waals surface area (Å²) in [4.78, 5) is 0. The fourth-order valence-electron chi connectivity index (χ4n) is 1.38. The zero-order valence-electron chi connectivity index (χ0n) is 8.73. The van der Waals surface area contributed by atoms with Gasteiger partial charge >= 0.3 is 0 Å². The first-order valence-corrected chi connectivity index (χ1v) is 7.92. The van der Waals surface area contributed by atoms with Crippen LogP contribution in [0.4, 0.5) is 0 Å². The van der Waals surface area contributed by atoms with Crippen molar-refractivity contribution in [1.29, 1.82) is 0 Å². The highest BCUT2D eigenvalue weighted by atomic mass is 35.7. The first-order chi connectivity index (χ1) is 8.37. The van der Waals surface area contributed by atoms with E-state index in [2.05, 4.69) is 5.16 Å². The van der Waals surface area contributed by atoms with E-state index in [1.165, 1.54) is 6.07 Å². The van der Waals surface area contributed by atoms with E-state index in [9.17, 15) is 8.42 Å². The lowest BCUT2D eigenvalue weighted by atomic mass is 10.1. The summed E-state index contributed by atoms with van der Waals surface area (Å²) in [5.74, 6) is -0.0752. The Morgan fingerprint density at radius 2 is 2.00 bits per heavy atom. The summed E-state index contributed by atoms with van der Waals surface area (Å²) in [5.41, 5.74) is 0.742. The van der Waals surface area contributed by atoms with Crippen LogP contribution >= 0.6 is 33.9 Å². The normalized spacial score (nSPS) is 11.7. The maximum Gasteiger partial charge on any atom is 0.238 e. The fourth-order valence-corrected chi connectivity index (χ4v) is 2.60. The molecule has 0 atom stereocenters. The molecule has 2 aromatic rings. The quantitative estimate of drug-likeness (QED) is 0.807. The smallest absolute Gasteiger partial charge is 0.238 e. The fraction of sp³-hybridized carbons (Fsp3) is 0.100. The molecule has 8 heteroatoms. The second-order valence-electron chi connectivity index (χ2n) is 3.47. The van der Waals surface area contributed by atoms with Crippen LogP contribution in [0.2, 0.25) is 10.0 Å². The Morgan fingerprint density at radius 1 is 1.28 bits per heavy atom. The third-order valence-corrected chi connectivity index (χ3v) is 3.88. The zero-order chi connectivity index (χ0) is 13.3. The van der Waals surface area contributed by atoms with Gasteiger partial charge in [0.25, 0.3) is 0 Å². The molecule has 1 aromatic carbocycles. The van der Waals surface area contributed by atoms with Crippen LogP contribution in [-0.2, 0) is 14.8 Å². The highest BCUT2D eigenvalue weighted by Gasteiger charge is 2.15. The van der Waals surface area contributed by atoms with Crippen LogP contribution in [0.3, 0.4) is 0 Å². The van der Waals surface area contributed by atoms with Crippen molar-refractivity contribution in [3.8, 4) is 11.3 Å². The molecular formula is C10H6Cl3NO3S. The van der Waals surface area contributed by atoms with Crippen LogP contribution in [0.5, 0.6) is 0 Å². The van der Waals surface area contributed by atoms with Crippen LogP contribution in [-0.4, -0.2) is 13.6 Å². The van der Waals surface area contributed by atoms with Crippen LogP contribution in [0.25, 0.3) is 11.3 Å². The Hall–Kier alpha value is -0.750. The van der Waals surface area contributed by atoms with Crippen LogP contribution in [0, 0.1) is 0 Å². The third-order valence-electron chi connectivity index (χ3n) is 2.10. The molecule has 1 aromatic heterocycles. The van der Waals surface area contributed by atoms with E-state index in [1.807, 2.05) is 0 Å². The van der Waals surface area contributed by atoms with Gasteiger partial charge in [0.2, 0.25) is 9.05 Å². The predicted molar refractivity (Wildman–Crippen MR) is 70.4 cm³/mol. The number of hydrogen-bond donors (Lipinski definition) is 0. The molecule has 2 rings (SSSR count). The average Bonchev–Trinajstić information content (AvgIpc) is 2.68. The van der Waals surface area contributed by atoms with Crippen molar-refractivity contribution in [1.82, 2.24) is 5.16 Å². The van der Waals surface area contributed by atoms with E-state index < -0.39 is 14.8 Å². The number of hydrogen-bond acceptors (Lipinski definition) is 4. The molecule has 0 saturated heterocycles. The van der Waals surface area contributed by atoms with E-state index in [0.29, 0.717) is 21.4 Å². The Balaban J connectivity index is 2.38. The monoisotopic (exact) mass is 325 g/mol. The maximum absolute atomic E-state index is 10.9. The lowest BCUT2D eigenvalue weighted by Crippen LogP contribution is -1.94. The summed E-state index contributed by atoms with van der Waals surface area (Å²) in [5, 5.41) is 4.30. The summed E-state index contributed by atoms with van der Waals surface area (Å²) in [6, 6.07) is 6.48. The van der Waals surface area contributed by atoms with E-state index in [-0.39, 0.29) is 5.69 Å². The summed E-state index contributed by atoms with van der Waals surface area (Å²) in [6.07, 6.45) is 0. The van der Waals surface area contributed by atoms with E-state index in [4.69, 9.17) is 38.4 Å². The molecule has 0 saturated carbocycles. The molecule has 0 fully saturated rings. The molecule has 1 heterocycles. The molecule has 0 spiro atoms. The molecule has 0 unspecified atom stereocenters. The Bertz CT molecular complexity index is 681. The van der Waals surface area contributed by atoms with Crippen molar-refractivity contribution in [3.05, 3.63) is 40.0 Å². The van der Waals surface area contributed by atoms with Gasteiger partial charge in [-0.05, 0) is 12.1 Å². The predicted octanol–water partition coefficient (Wildman–Crippen LogP) is 3.72. The topological polar surface area (TPSA) is 60.2 Å². The average molecular weight is 327 g/mol. The molecule has 0 aliphatic carbocycles. The molecule has 0 aliphatic rings. The zero-order valence-corrected chi connectivity index (χ0v) is 11.8. The van der Waals surface area contributed by atoms with Crippen molar-refractivity contribution in [2.24, 2.45) is 0 Å². The molecule has 0 radical (unpaired) electrons. The highest BCUT2D eigenvalue weighted by Crippen LogP contribution is 2.33. The van der Waals surface area contributed by atoms with E-state index in [0.717, 1.165) is 0 Å². The molecule has 0 N–H and O–H groups in total. The molecule has 96 valence electrons. The number of benzene rings is 1. The van der Waals surface area contributed by atoms with E-state index in [1.54, 1.807) is 18.2 Å². The SMILES string of the molecule is O=S(=O)(Cl)Cc1cc(-c2cccc(Cl)c2Cl)on1. The van der Waals surface area contributed by atoms with Crippen LogP contribution in [0.15, 0.2) is 28.8 Å². The summed E-state index contributed by atoms with van der Waals surface area (Å²) < 4.78 is 26.8. The minimum atomic E-state index is -3.67. The van der Waals surface area contributed by atoms with Crippen LogP contribution < -0.4 is 0 Å². The van der Waals surface area contributed by atoms with Gasteiger partial charge in [-0.25, -0.2) is 8.42 Å². The Morgan fingerprint density at radius 3 is 2.67 bits per heavy atom. The first kappa shape index (κ1) is 13.7. The molecule has 0 bridgehead atoms. The van der Waals surface area contributed by atoms with Gasteiger partial charge < -0.3 is 4.52 Å². The lowest BCUT2D eigenvalue weighted by molar-refractivity contribution is 0.426. The summed E-state index contributed by atoms with van der Waals surface area (Å²) in [7, 11) is 1.45.